The van der Waals surface area contributed by atoms with E-state index in [-0.39, 0.29) is 5.78 Å². The van der Waals surface area contributed by atoms with Crippen LogP contribution in [0.25, 0.3) is 6.08 Å². The van der Waals surface area contributed by atoms with Gasteiger partial charge in [-0.25, -0.2) is 0 Å². The Bertz CT molecular complexity index is 703. The van der Waals surface area contributed by atoms with E-state index in [1.165, 1.54) is 41.2 Å². The molecule has 0 bridgehead atoms. The lowest BCUT2D eigenvalue weighted by atomic mass is 10.1. The molecule has 1 aromatic carbocycles. The Morgan fingerprint density at radius 2 is 2.25 bits per heavy atom. The molecule has 1 N–H and O–H groups in total. The molecule has 0 spiro atoms. The van der Waals surface area contributed by atoms with Gasteiger partial charge in [0.05, 0.1) is 16.7 Å². The van der Waals surface area contributed by atoms with Gasteiger partial charge in [-0.15, -0.1) is 0 Å². The largest absolute Gasteiger partial charge is 0.502 e. The molecule has 0 aliphatic carbocycles. The number of ketones is 1. The van der Waals surface area contributed by atoms with Crippen molar-refractivity contribution in [2.75, 3.05) is 0 Å². The summed E-state index contributed by atoms with van der Waals surface area (Å²) in [5.41, 5.74) is 0.477. The molecule has 2 rings (SSSR count). The van der Waals surface area contributed by atoms with Crippen LogP contribution in [0.4, 0.5) is 5.69 Å². The topological polar surface area (TPSA) is 98.3 Å². The van der Waals surface area contributed by atoms with Crippen LogP contribution in [0, 0.1) is 10.1 Å². The van der Waals surface area contributed by atoms with Crippen LogP contribution >= 0.6 is 0 Å². The van der Waals surface area contributed by atoms with Crippen molar-refractivity contribution in [3.63, 3.8) is 0 Å². The number of aromatic nitrogens is 2. The molecule has 0 radical (unpaired) electrons. The molecule has 0 unspecified atom stereocenters. The fourth-order valence-electron chi connectivity index (χ4n) is 1.61. The zero-order valence-corrected chi connectivity index (χ0v) is 10.6. The van der Waals surface area contributed by atoms with Crippen LogP contribution in [0.1, 0.15) is 15.9 Å². The Kier molecular flexibility index (Phi) is 3.60. The molecule has 2 aromatic rings. The average molecular weight is 273 g/mol. The SMILES string of the molecule is Cn1cc(C(=O)/C=C/c2ccc(O)c([N+](=O)[O-])c2)cn1. The molecule has 0 aliphatic heterocycles. The van der Waals surface area contributed by atoms with E-state index in [4.69, 9.17) is 0 Å². The van der Waals surface area contributed by atoms with Crippen molar-refractivity contribution in [1.82, 2.24) is 9.78 Å². The van der Waals surface area contributed by atoms with Crippen LogP contribution in [0.5, 0.6) is 5.75 Å². The Morgan fingerprint density at radius 3 is 2.85 bits per heavy atom. The van der Waals surface area contributed by atoms with Gasteiger partial charge in [0.2, 0.25) is 0 Å². The second kappa shape index (κ2) is 5.35. The maximum absolute atomic E-state index is 11.8. The van der Waals surface area contributed by atoms with Gasteiger partial charge in [0.15, 0.2) is 11.5 Å². The van der Waals surface area contributed by atoms with E-state index in [2.05, 4.69) is 5.10 Å². The Hall–Kier alpha value is -2.96. The van der Waals surface area contributed by atoms with Gasteiger partial charge < -0.3 is 5.11 Å². The molecular weight excluding hydrogens is 262 g/mol. The molecule has 0 saturated heterocycles. The van der Waals surface area contributed by atoms with Crippen LogP contribution in [-0.2, 0) is 7.05 Å². The van der Waals surface area contributed by atoms with Crippen molar-refractivity contribution in [1.29, 1.82) is 0 Å². The predicted molar refractivity (Wildman–Crippen MR) is 71.3 cm³/mol. The number of phenolic OH excluding ortho intramolecular Hbond substituents is 1. The van der Waals surface area contributed by atoms with Crippen LogP contribution < -0.4 is 0 Å². The Balaban J connectivity index is 2.21. The smallest absolute Gasteiger partial charge is 0.311 e. The summed E-state index contributed by atoms with van der Waals surface area (Å²) < 4.78 is 1.51. The second-order valence-electron chi connectivity index (χ2n) is 4.11. The number of allylic oxidation sites excluding steroid dienone is 1. The van der Waals surface area contributed by atoms with Crippen molar-refractivity contribution in [3.8, 4) is 5.75 Å². The van der Waals surface area contributed by atoms with E-state index >= 15 is 0 Å². The maximum atomic E-state index is 11.8. The fraction of sp³-hybridized carbons (Fsp3) is 0.0769. The van der Waals surface area contributed by atoms with Crippen molar-refractivity contribution < 1.29 is 14.8 Å². The lowest BCUT2D eigenvalue weighted by Gasteiger charge is -1.97. The van der Waals surface area contributed by atoms with E-state index in [1.807, 2.05) is 0 Å². The summed E-state index contributed by atoms with van der Waals surface area (Å²) in [4.78, 5) is 21.8. The highest BCUT2D eigenvalue weighted by molar-refractivity contribution is 6.06. The number of hydrogen-bond acceptors (Lipinski definition) is 5. The number of nitrogens with zero attached hydrogens (tertiary/aromatic N) is 3. The van der Waals surface area contributed by atoms with E-state index in [9.17, 15) is 20.0 Å². The molecule has 0 fully saturated rings. The van der Waals surface area contributed by atoms with Gasteiger partial charge in [-0.3, -0.25) is 19.6 Å². The minimum absolute atomic E-state index is 0.256. The highest BCUT2D eigenvalue weighted by Gasteiger charge is 2.12. The van der Waals surface area contributed by atoms with Crippen LogP contribution in [0.3, 0.4) is 0 Å². The molecule has 7 heteroatoms. The summed E-state index contributed by atoms with van der Waals surface area (Å²) in [6.45, 7) is 0. The molecular formula is C13H11N3O4. The molecule has 20 heavy (non-hydrogen) atoms. The van der Waals surface area contributed by atoms with Gasteiger partial charge in [0, 0.05) is 19.3 Å². The van der Waals surface area contributed by atoms with Crippen molar-refractivity contribution in [3.05, 3.63) is 57.9 Å². The zero-order valence-electron chi connectivity index (χ0n) is 10.6. The summed E-state index contributed by atoms with van der Waals surface area (Å²) in [5, 5.41) is 23.9. The predicted octanol–water partition coefficient (Wildman–Crippen LogP) is 1.93. The van der Waals surface area contributed by atoms with E-state index < -0.39 is 16.4 Å². The minimum Gasteiger partial charge on any atom is -0.502 e. The summed E-state index contributed by atoms with van der Waals surface area (Å²) in [5.74, 6) is -0.667. The highest BCUT2D eigenvalue weighted by atomic mass is 16.6. The zero-order chi connectivity index (χ0) is 14.7. The quantitative estimate of drug-likeness (QED) is 0.397. The Morgan fingerprint density at radius 1 is 1.50 bits per heavy atom. The van der Waals surface area contributed by atoms with Crippen molar-refractivity contribution >= 4 is 17.5 Å². The number of hydrogen-bond donors (Lipinski definition) is 1. The summed E-state index contributed by atoms with van der Waals surface area (Å²) in [6.07, 6.45) is 5.76. The monoisotopic (exact) mass is 273 g/mol. The number of aromatic hydroxyl groups is 1. The van der Waals surface area contributed by atoms with Gasteiger partial charge >= 0.3 is 5.69 Å². The lowest BCUT2D eigenvalue weighted by molar-refractivity contribution is -0.385. The first-order valence-corrected chi connectivity index (χ1v) is 5.66. The average Bonchev–Trinajstić information content (AvgIpc) is 2.84. The van der Waals surface area contributed by atoms with Crippen LogP contribution in [0.15, 0.2) is 36.7 Å². The summed E-state index contributed by atoms with van der Waals surface area (Å²) in [6, 6.07) is 3.89. The third-order valence-corrected chi connectivity index (χ3v) is 2.61. The second-order valence-corrected chi connectivity index (χ2v) is 4.11. The number of benzene rings is 1. The van der Waals surface area contributed by atoms with Gasteiger partial charge in [-0.2, -0.15) is 5.10 Å². The molecule has 0 atom stereocenters. The number of nitro benzene ring substituents is 1. The lowest BCUT2D eigenvalue weighted by Crippen LogP contribution is -1.92. The fourth-order valence-corrected chi connectivity index (χ4v) is 1.61. The highest BCUT2D eigenvalue weighted by Crippen LogP contribution is 2.26. The molecule has 0 aliphatic rings. The van der Waals surface area contributed by atoms with Crippen LogP contribution in [0.2, 0.25) is 0 Å². The number of rotatable bonds is 4. The van der Waals surface area contributed by atoms with Crippen molar-refractivity contribution in [2.24, 2.45) is 7.05 Å². The first-order chi connectivity index (χ1) is 9.47. The third kappa shape index (κ3) is 2.89. The van der Waals surface area contributed by atoms with Crippen LogP contribution in [-0.4, -0.2) is 25.6 Å². The van der Waals surface area contributed by atoms with Gasteiger partial charge in [0.25, 0.3) is 0 Å². The van der Waals surface area contributed by atoms with Gasteiger partial charge in [0.1, 0.15) is 0 Å². The van der Waals surface area contributed by atoms with E-state index in [1.54, 1.807) is 13.2 Å². The normalized spacial score (nSPS) is 10.8. The third-order valence-electron chi connectivity index (χ3n) is 2.61. The molecule has 1 heterocycles. The Labute approximate surface area is 113 Å². The molecule has 1 aromatic heterocycles. The van der Waals surface area contributed by atoms with Crippen molar-refractivity contribution in [2.45, 2.75) is 0 Å². The van der Waals surface area contributed by atoms with E-state index in [0.29, 0.717) is 11.1 Å². The number of aryl methyl sites for hydroxylation is 1. The summed E-state index contributed by atoms with van der Waals surface area (Å²) in [7, 11) is 1.70. The molecule has 0 saturated carbocycles. The number of carbonyl (C=O) groups excluding carboxylic acids is 1. The standard InChI is InChI=1S/C13H11N3O4/c1-15-8-10(7-14-15)12(17)4-2-9-3-5-13(18)11(6-9)16(19)20/h2-8,18H,1H3/b4-2+. The molecule has 102 valence electrons. The number of carbonyl (C=O) groups is 1. The summed E-state index contributed by atoms with van der Waals surface area (Å²) >= 11 is 0. The molecule has 0 amide bonds. The first kappa shape index (κ1) is 13.5. The molecule has 7 nitrogen and oxygen atoms in total. The van der Waals surface area contributed by atoms with Gasteiger partial charge in [-0.1, -0.05) is 12.1 Å². The van der Waals surface area contributed by atoms with Gasteiger partial charge in [-0.05, 0) is 17.7 Å². The first-order valence-electron chi connectivity index (χ1n) is 5.66. The number of nitro groups is 1. The number of phenols is 1. The minimum atomic E-state index is -0.685. The maximum Gasteiger partial charge on any atom is 0.311 e. The van der Waals surface area contributed by atoms with E-state index in [0.717, 1.165) is 0 Å².